The fourth-order valence-corrected chi connectivity index (χ4v) is 3.80. The number of aryl methyl sites for hydroxylation is 1. The summed E-state index contributed by atoms with van der Waals surface area (Å²) in [6.07, 6.45) is 0. The highest BCUT2D eigenvalue weighted by molar-refractivity contribution is 7.98. The fourth-order valence-electron chi connectivity index (χ4n) is 2.29. The number of nitrogens with zero attached hydrogens (tertiary/aromatic N) is 1. The third kappa shape index (κ3) is 5.77. The number of benzene rings is 2. The van der Waals surface area contributed by atoms with E-state index in [9.17, 15) is 13.6 Å². The average molecular weight is 406 g/mol. The Morgan fingerprint density at radius 2 is 2.04 bits per heavy atom. The van der Waals surface area contributed by atoms with Gasteiger partial charge in [0.05, 0.1) is 10.7 Å². The molecule has 3 aromatic rings. The van der Waals surface area contributed by atoms with Crippen molar-refractivity contribution in [3.05, 3.63) is 70.2 Å². The van der Waals surface area contributed by atoms with Crippen LogP contribution >= 0.6 is 23.1 Å². The predicted octanol–water partition coefficient (Wildman–Crippen LogP) is 5.60. The summed E-state index contributed by atoms with van der Waals surface area (Å²) in [6.45, 7) is -0.934. The molecule has 0 unspecified atom stereocenters. The number of carbonyl (C=O) groups excluding carboxylic acids is 1. The molecule has 2 aromatic carbocycles. The molecule has 140 valence electrons. The second-order valence-corrected chi connectivity index (χ2v) is 7.64. The summed E-state index contributed by atoms with van der Waals surface area (Å²) in [5.74, 6) is 0.440. The van der Waals surface area contributed by atoms with Crippen molar-refractivity contribution in [1.82, 2.24) is 4.98 Å². The van der Waals surface area contributed by atoms with Gasteiger partial charge in [0.25, 0.3) is 5.91 Å². The van der Waals surface area contributed by atoms with Crippen LogP contribution in [0.1, 0.15) is 21.1 Å². The van der Waals surface area contributed by atoms with Gasteiger partial charge in [-0.25, -0.2) is 4.98 Å². The number of amides is 1. The molecule has 0 bridgehead atoms. The van der Waals surface area contributed by atoms with E-state index in [1.807, 2.05) is 24.4 Å². The van der Waals surface area contributed by atoms with Crippen LogP contribution in [0.4, 0.5) is 14.5 Å². The minimum atomic E-state index is -2.91. The maximum absolute atomic E-state index is 12.3. The number of rotatable bonds is 7. The molecule has 0 aliphatic rings. The van der Waals surface area contributed by atoms with E-state index in [2.05, 4.69) is 15.0 Å². The molecule has 27 heavy (non-hydrogen) atoms. The highest BCUT2D eigenvalue weighted by Crippen LogP contribution is 2.24. The number of alkyl halides is 2. The number of hydrogen-bond donors (Lipinski definition) is 1. The van der Waals surface area contributed by atoms with Gasteiger partial charge in [-0.15, -0.1) is 23.1 Å². The number of hydrogen-bond acceptors (Lipinski definition) is 5. The first-order valence-corrected chi connectivity index (χ1v) is 9.86. The van der Waals surface area contributed by atoms with Gasteiger partial charge in [-0.05, 0) is 43.3 Å². The van der Waals surface area contributed by atoms with Crippen LogP contribution in [-0.4, -0.2) is 17.5 Å². The quantitative estimate of drug-likeness (QED) is 0.519. The first-order valence-electron chi connectivity index (χ1n) is 8.00. The van der Waals surface area contributed by atoms with Gasteiger partial charge in [0.2, 0.25) is 0 Å². The number of ether oxygens (including phenoxy) is 1. The van der Waals surface area contributed by atoms with Gasteiger partial charge < -0.3 is 10.1 Å². The Morgan fingerprint density at radius 3 is 2.70 bits per heavy atom. The van der Waals surface area contributed by atoms with Gasteiger partial charge in [0, 0.05) is 33.3 Å². The van der Waals surface area contributed by atoms with Gasteiger partial charge in [0.1, 0.15) is 5.75 Å². The molecule has 0 aliphatic carbocycles. The van der Waals surface area contributed by atoms with E-state index in [4.69, 9.17) is 0 Å². The molecule has 0 aliphatic heterocycles. The number of halogens is 2. The summed E-state index contributed by atoms with van der Waals surface area (Å²) in [5.41, 5.74) is 1.90. The molecule has 0 spiro atoms. The molecule has 1 heterocycles. The number of carbonyl (C=O) groups is 1. The van der Waals surface area contributed by atoms with Crippen molar-refractivity contribution < 1.29 is 18.3 Å². The number of aromatic nitrogens is 1. The Morgan fingerprint density at radius 1 is 1.26 bits per heavy atom. The Labute approximate surface area is 163 Å². The number of anilines is 1. The van der Waals surface area contributed by atoms with E-state index in [0.717, 1.165) is 21.3 Å². The molecule has 1 amide bonds. The SMILES string of the molecule is Cc1nc(CSc2ccc(C(=O)Nc3cccc(OC(F)F)c3)cc2)cs1. The normalized spacial score (nSPS) is 10.8. The van der Waals surface area contributed by atoms with Crippen LogP contribution in [0.25, 0.3) is 0 Å². The zero-order chi connectivity index (χ0) is 19.2. The zero-order valence-electron chi connectivity index (χ0n) is 14.3. The van der Waals surface area contributed by atoms with Crippen LogP contribution in [0.5, 0.6) is 5.75 Å². The minimum absolute atomic E-state index is 0.00757. The van der Waals surface area contributed by atoms with Crippen molar-refractivity contribution in [1.29, 1.82) is 0 Å². The van der Waals surface area contributed by atoms with Crippen molar-refractivity contribution >= 4 is 34.7 Å². The van der Waals surface area contributed by atoms with E-state index < -0.39 is 6.61 Å². The first kappa shape index (κ1) is 19.3. The van der Waals surface area contributed by atoms with Gasteiger partial charge in [-0.1, -0.05) is 6.07 Å². The maximum atomic E-state index is 12.3. The monoisotopic (exact) mass is 406 g/mol. The maximum Gasteiger partial charge on any atom is 0.387 e. The Kier molecular flexibility index (Phi) is 6.41. The van der Waals surface area contributed by atoms with Gasteiger partial charge in [-0.2, -0.15) is 8.78 Å². The third-order valence-corrected chi connectivity index (χ3v) is 5.35. The Hall–Kier alpha value is -2.45. The summed E-state index contributed by atoms with van der Waals surface area (Å²) >= 11 is 3.27. The number of nitrogens with one attached hydrogen (secondary N) is 1. The van der Waals surface area contributed by atoms with Crippen LogP contribution in [0.3, 0.4) is 0 Å². The first-order chi connectivity index (χ1) is 13.0. The largest absolute Gasteiger partial charge is 0.435 e. The van der Waals surface area contributed by atoms with Gasteiger partial charge in [-0.3, -0.25) is 4.79 Å². The second kappa shape index (κ2) is 8.96. The van der Waals surface area contributed by atoms with Crippen molar-refractivity contribution in [2.24, 2.45) is 0 Å². The second-order valence-electron chi connectivity index (χ2n) is 5.53. The van der Waals surface area contributed by atoms with Crippen molar-refractivity contribution in [2.45, 2.75) is 24.2 Å². The van der Waals surface area contributed by atoms with E-state index in [-0.39, 0.29) is 11.7 Å². The smallest absolute Gasteiger partial charge is 0.387 e. The molecule has 1 aromatic heterocycles. The van der Waals surface area contributed by atoms with Crippen LogP contribution in [0.2, 0.25) is 0 Å². The predicted molar refractivity (Wildman–Crippen MR) is 104 cm³/mol. The average Bonchev–Trinajstić information content (AvgIpc) is 3.05. The Balaban J connectivity index is 1.58. The van der Waals surface area contributed by atoms with E-state index in [1.165, 1.54) is 18.2 Å². The summed E-state index contributed by atoms with van der Waals surface area (Å²) < 4.78 is 28.9. The number of thiazole rings is 1. The van der Waals surface area contributed by atoms with Crippen molar-refractivity contribution in [3.63, 3.8) is 0 Å². The molecule has 0 atom stereocenters. The van der Waals surface area contributed by atoms with Crippen LogP contribution in [0.15, 0.2) is 58.8 Å². The van der Waals surface area contributed by atoms with E-state index >= 15 is 0 Å². The molecule has 0 radical (unpaired) electrons. The third-order valence-electron chi connectivity index (χ3n) is 3.49. The molecule has 0 fully saturated rings. The lowest BCUT2D eigenvalue weighted by atomic mass is 10.2. The Bertz CT molecular complexity index is 914. The van der Waals surface area contributed by atoms with Crippen LogP contribution < -0.4 is 10.1 Å². The van der Waals surface area contributed by atoms with Crippen LogP contribution in [-0.2, 0) is 5.75 Å². The minimum Gasteiger partial charge on any atom is -0.435 e. The molecule has 1 N–H and O–H groups in total. The van der Waals surface area contributed by atoms with Gasteiger partial charge in [0.15, 0.2) is 0 Å². The zero-order valence-corrected chi connectivity index (χ0v) is 15.9. The van der Waals surface area contributed by atoms with Crippen molar-refractivity contribution in [3.8, 4) is 5.75 Å². The topological polar surface area (TPSA) is 51.2 Å². The van der Waals surface area contributed by atoms with Crippen LogP contribution in [0, 0.1) is 6.92 Å². The van der Waals surface area contributed by atoms with Gasteiger partial charge >= 0.3 is 6.61 Å². The molecule has 8 heteroatoms. The summed E-state index contributed by atoms with van der Waals surface area (Å²) in [7, 11) is 0. The van der Waals surface area contributed by atoms with Crippen molar-refractivity contribution in [2.75, 3.05) is 5.32 Å². The fraction of sp³-hybridized carbons (Fsp3) is 0.158. The molecular weight excluding hydrogens is 390 g/mol. The number of thioether (sulfide) groups is 1. The molecular formula is C19H16F2N2O2S2. The lowest BCUT2D eigenvalue weighted by Crippen LogP contribution is -2.12. The summed E-state index contributed by atoms with van der Waals surface area (Å²) in [5, 5.41) is 5.75. The summed E-state index contributed by atoms with van der Waals surface area (Å²) in [6, 6.07) is 13.1. The highest BCUT2D eigenvalue weighted by Gasteiger charge is 2.09. The molecule has 4 nitrogen and oxygen atoms in total. The van der Waals surface area contributed by atoms with E-state index in [1.54, 1.807) is 41.3 Å². The highest BCUT2D eigenvalue weighted by atomic mass is 32.2. The lowest BCUT2D eigenvalue weighted by molar-refractivity contribution is -0.0497. The summed E-state index contributed by atoms with van der Waals surface area (Å²) in [4.78, 5) is 17.8. The lowest BCUT2D eigenvalue weighted by Gasteiger charge is -2.09. The molecule has 3 rings (SSSR count). The molecule has 0 saturated heterocycles. The molecule has 0 saturated carbocycles. The van der Waals surface area contributed by atoms with E-state index in [0.29, 0.717) is 11.3 Å². The standard InChI is InChI=1S/C19H16F2N2O2S2/c1-12-22-15(10-26-12)11-27-17-7-5-13(6-8-17)18(24)23-14-3-2-4-16(9-14)25-19(20)21/h2-10,19H,11H2,1H3,(H,23,24).